The second-order valence-electron chi connectivity index (χ2n) is 3.45. The molecule has 0 bridgehead atoms. The lowest BCUT2D eigenvalue weighted by molar-refractivity contribution is -0.138. The second kappa shape index (κ2) is 8.70. The zero-order chi connectivity index (χ0) is 12.4. The predicted octanol–water partition coefficient (Wildman–Crippen LogP) is 0.612. The Morgan fingerprint density at radius 2 is 1.31 bits per heavy atom. The van der Waals surface area contributed by atoms with E-state index < -0.39 is 11.9 Å². The Balaban J connectivity index is 3.31. The zero-order valence-electron chi connectivity index (χ0n) is 9.07. The molecule has 0 atom stereocenters. The van der Waals surface area contributed by atoms with Crippen LogP contribution < -0.4 is 5.32 Å². The lowest BCUT2D eigenvalue weighted by atomic mass is 10.2. The van der Waals surface area contributed by atoms with Gasteiger partial charge in [0.2, 0.25) is 5.91 Å². The van der Waals surface area contributed by atoms with Crippen LogP contribution in [0.25, 0.3) is 0 Å². The third-order valence-corrected chi connectivity index (χ3v) is 1.93. The fourth-order valence-electron chi connectivity index (χ4n) is 1.12. The molecule has 0 fully saturated rings. The van der Waals surface area contributed by atoms with Gasteiger partial charge in [0.15, 0.2) is 0 Å². The van der Waals surface area contributed by atoms with E-state index in [-0.39, 0.29) is 18.7 Å². The van der Waals surface area contributed by atoms with E-state index in [0.717, 1.165) is 0 Å². The van der Waals surface area contributed by atoms with Crippen LogP contribution in [0.3, 0.4) is 0 Å². The maximum atomic E-state index is 11.1. The summed E-state index contributed by atoms with van der Waals surface area (Å²) in [4.78, 5) is 31.4. The van der Waals surface area contributed by atoms with E-state index in [1.165, 1.54) is 0 Å². The first kappa shape index (κ1) is 14.4. The van der Waals surface area contributed by atoms with Crippen molar-refractivity contribution in [2.45, 2.75) is 38.5 Å². The Morgan fingerprint density at radius 3 is 1.88 bits per heavy atom. The Hall–Kier alpha value is -1.59. The van der Waals surface area contributed by atoms with Crippen LogP contribution in [0.4, 0.5) is 0 Å². The molecule has 0 heterocycles. The summed E-state index contributed by atoms with van der Waals surface area (Å²) in [6.07, 6.45) is 1.84. The second-order valence-corrected chi connectivity index (χ2v) is 3.45. The van der Waals surface area contributed by atoms with Crippen LogP contribution in [-0.4, -0.2) is 34.6 Å². The minimum absolute atomic E-state index is 0.0410. The van der Waals surface area contributed by atoms with E-state index in [1.54, 1.807) is 0 Å². The van der Waals surface area contributed by atoms with Gasteiger partial charge in [-0.15, -0.1) is 0 Å². The molecular formula is C10H17NO5. The minimum Gasteiger partial charge on any atom is -0.481 e. The number of nitrogens with one attached hydrogen (secondary N) is 1. The molecule has 0 aromatic carbocycles. The van der Waals surface area contributed by atoms with Gasteiger partial charge in [-0.05, 0) is 19.3 Å². The fourth-order valence-corrected chi connectivity index (χ4v) is 1.12. The van der Waals surface area contributed by atoms with Crippen LogP contribution in [0, 0.1) is 0 Å². The van der Waals surface area contributed by atoms with Gasteiger partial charge in [0, 0.05) is 25.8 Å². The van der Waals surface area contributed by atoms with Gasteiger partial charge in [0.1, 0.15) is 0 Å². The molecule has 0 aliphatic heterocycles. The van der Waals surface area contributed by atoms with Crippen LogP contribution in [0.1, 0.15) is 38.5 Å². The number of rotatable bonds is 9. The molecule has 0 aromatic heterocycles. The van der Waals surface area contributed by atoms with Crippen LogP contribution >= 0.6 is 0 Å². The number of amides is 1. The van der Waals surface area contributed by atoms with Gasteiger partial charge in [0.05, 0.1) is 0 Å². The first-order valence-corrected chi connectivity index (χ1v) is 5.22. The van der Waals surface area contributed by atoms with Crippen molar-refractivity contribution < 1.29 is 24.6 Å². The minimum atomic E-state index is -0.879. The summed E-state index contributed by atoms with van der Waals surface area (Å²) >= 11 is 0. The fraction of sp³-hybridized carbons (Fsp3) is 0.700. The maximum absolute atomic E-state index is 11.1. The van der Waals surface area contributed by atoms with Gasteiger partial charge >= 0.3 is 11.9 Å². The molecular weight excluding hydrogens is 214 g/mol. The predicted molar refractivity (Wildman–Crippen MR) is 56.0 cm³/mol. The molecule has 6 heteroatoms. The van der Waals surface area contributed by atoms with E-state index in [4.69, 9.17) is 10.2 Å². The van der Waals surface area contributed by atoms with Crippen molar-refractivity contribution in [1.82, 2.24) is 5.32 Å². The van der Waals surface area contributed by atoms with E-state index in [1.807, 2.05) is 0 Å². The maximum Gasteiger partial charge on any atom is 0.303 e. The smallest absolute Gasteiger partial charge is 0.303 e. The number of carboxylic acids is 2. The van der Waals surface area contributed by atoms with E-state index in [9.17, 15) is 14.4 Å². The molecule has 0 aliphatic carbocycles. The molecule has 3 N–H and O–H groups in total. The van der Waals surface area contributed by atoms with E-state index in [2.05, 4.69) is 5.32 Å². The normalized spacial score (nSPS) is 9.75. The van der Waals surface area contributed by atoms with Crippen molar-refractivity contribution in [3.8, 4) is 0 Å². The summed E-state index contributed by atoms with van der Waals surface area (Å²) in [6.45, 7) is 0.351. The number of hydrogen-bond donors (Lipinski definition) is 3. The number of carbonyl (C=O) groups is 3. The highest BCUT2D eigenvalue weighted by molar-refractivity contribution is 5.76. The van der Waals surface area contributed by atoms with E-state index in [0.29, 0.717) is 32.2 Å². The average molecular weight is 231 g/mol. The molecule has 0 rings (SSSR count). The van der Waals surface area contributed by atoms with Crippen molar-refractivity contribution in [3.63, 3.8) is 0 Å². The largest absolute Gasteiger partial charge is 0.481 e. The number of hydrogen-bond acceptors (Lipinski definition) is 3. The van der Waals surface area contributed by atoms with E-state index >= 15 is 0 Å². The first-order valence-electron chi connectivity index (χ1n) is 5.22. The number of carboxylic acid groups (broad SMARTS) is 2. The average Bonchev–Trinajstić information content (AvgIpc) is 2.19. The van der Waals surface area contributed by atoms with Crippen molar-refractivity contribution >= 4 is 17.8 Å². The lowest BCUT2D eigenvalue weighted by Crippen LogP contribution is -2.24. The van der Waals surface area contributed by atoms with Gasteiger partial charge in [-0.25, -0.2) is 0 Å². The Labute approximate surface area is 93.6 Å². The number of unbranched alkanes of at least 4 members (excludes halogenated alkanes) is 1. The topological polar surface area (TPSA) is 104 Å². The summed E-state index contributed by atoms with van der Waals surface area (Å²) in [5.74, 6) is -1.90. The van der Waals surface area contributed by atoms with Gasteiger partial charge in [-0.1, -0.05) is 0 Å². The Bertz CT molecular complexity index is 228. The molecule has 0 spiro atoms. The molecule has 16 heavy (non-hydrogen) atoms. The summed E-state index contributed by atoms with van der Waals surface area (Å²) in [5, 5.41) is 19.3. The highest BCUT2D eigenvalue weighted by atomic mass is 16.4. The molecule has 0 saturated carbocycles. The van der Waals surface area contributed by atoms with Crippen molar-refractivity contribution in [2.24, 2.45) is 0 Å². The van der Waals surface area contributed by atoms with Crippen LogP contribution in [0.5, 0.6) is 0 Å². The number of carbonyl (C=O) groups excluding carboxylic acids is 1. The third kappa shape index (κ3) is 10.5. The molecule has 0 saturated heterocycles. The molecule has 1 amide bonds. The SMILES string of the molecule is O=C(O)CCCCC(=O)NCCCC(=O)O. The molecule has 0 radical (unpaired) electrons. The Kier molecular flexibility index (Phi) is 7.83. The molecule has 92 valence electrons. The summed E-state index contributed by atoms with van der Waals surface area (Å²) in [5.41, 5.74) is 0. The third-order valence-electron chi connectivity index (χ3n) is 1.93. The van der Waals surface area contributed by atoms with Crippen molar-refractivity contribution in [2.75, 3.05) is 6.54 Å². The Morgan fingerprint density at radius 1 is 0.812 bits per heavy atom. The highest BCUT2D eigenvalue weighted by Gasteiger charge is 2.03. The van der Waals surface area contributed by atoms with Crippen molar-refractivity contribution in [1.29, 1.82) is 0 Å². The first-order chi connectivity index (χ1) is 7.52. The van der Waals surface area contributed by atoms with Crippen LogP contribution in [0.2, 0.25) is 0 Å². The summed E-state index contributed by atoms with van der Waals surface area (Å²) < 4.78 is 0. The zero-order valence-corrected chi connectivity index (χ0v) is 9.07. The van der Waals surface area contributed by atoms with Gasteiger partial charge in [-0.3, -0.25) is 14.4 Å². The lowest BCUT2D eigenvalue weighted by Gasteiger charge is -2.03. The summed E-state index contributed by atoms with van der Waals surface area (Å²) in [7, 11) is 0. The molecule has 0 unspecified atom stereocenters. The molecule has 6 nitrogen and oxygen atoms in total. The quantitative estimate of drug-likeness (QED) is 0.504. The molecule has 0 aromatic rings. The van der Waals surface area contributed by atoms with Crippen LogP contribution in [0.15, 0.2) is 0 Å². The summed E-state index contributed by atoms with van der Waals surface area (Å²) in [6, 6.07) is 0. The highest BCUT2D eigenvalue weighted by Crippen LogP contribution is 1.99. The molecule has 0 aliphatic rings. The van der Waals surface area contributed by atoms with Crippen molar-refractivity contribution in [3.05, 3.63) is 0 Å². The monoisotopic (exact) mass is 231 g/mol. The van der Waals surface area contributed by atoms with Gasteiger partial charge < -0.3 is 15.5 Å². The number of aliphatic carboxylic acids is 2. The van der Waals surface area contributed by atoms with Gasteiger partial charge in [-0.2, -0.15) is 0 Å². The van der Waals surface area contributed by atoms with Gasteiger partial charge in [0.25, 0.3) is 0 Å². The van der Waals surface area contributed by atoms with Crippen LogP contribution in [-0.2, 0) is 14.4 Å². The standard InChI is InChI=1S/C10H17NO5/c12-8(4-1-2-5-9(13)14)11-7-3-6-10(15)16/h1-7H2,(H,11,12)(H,13,14)(H,15,16).